The van der Waals surface area contributed by atoms with E-state index in [-0.39, 0.29) is 11.4 Å². The summed E-state index contributed by atoms with van der Waals surface area (Å²) in [6, 6.07) is 6.86. The SMILES string of the molecule is CCCC1(CNCc2cccc(C#N)c2F)CC1. The second-order valence-electron chi connectivity index (χ2n) is 5.24. The fraction of sp³-hybridized carbons (Fsp3) is 0.533. The second kappa shape index (κ2) is 5.49. The molecule has 1 saturated carbocycles. The Bertz CT molecular complexity index is 458. The zero-order chi connectivity index (χ0) is 13.0. The molecule has 18 heavy (non-hydrogen) atoms. The van der Waals surface area contributed by atoms with Crippen molar-refractivity contribution < 1.29 is 4.39 Å². The van der Waals surface area contributed by atoms with Crippen LogP contribution in [-0.4, -0.2) is 6.54 Å². The monoisotopic (exact) mass is 246 g/mol. The van der Waals surface area contributed by atoms with Gasteiger partial charge in [0.1, 0.15) is 11.9 Å². The van der Waals surface area contributed by atoms with Crippen molar-refractivity contribution in [2.45, 2.75) is 39.2 Å². The fourth-order valence-electron chi connectivity index (χ4n) is 2.49. The maximum absolute atomic E-state index is 13.8. The average molecular weight is 246 g/mol. The number of nitrogens with zero attached hydrogens (tertiary/aromatic N) is 1. The number of benzene rings is 1. The highest BCUT2D eigenvalue weighted by molar-refractivity contribution is 5.34. The normalized spacial score (nSPS) is 16.3. The number of hydrogen-bond donors (Lipinski definition) is 1. The molecule has 0 aliphatic heterocycles. The summed E-state index contributed by atoms with van der Waals surface area (Å²) in [5.41, 5.74) is 1.18. The van der Waals surface area contributed by atoms with Crippen molar-refractivity contribution in [3.63, 3.8) is 0 Å². The van der Waals surface area contributed by atoms with Crippen molar-refractivity contribution in [2.24, 2.45) is 5.41 Å². The Balaban J connectivity index is 1.89. The van der Waals surface area contributed by atoms with Crippen LogP contribution >= 0.6 is 0 Å². The smallest absolute Gasteiger partial charge is 0.145 e. The van der Waals surface area contributed by atoms with E-state index >= 15 is 0 Å². The lowest BCUT2D eigenvalue weighted by Gasteiger charge is -2.15. The van der Waals surface area contributed by atoms with Gasteiger partial charge in [-0.2, -0.15) is 5.26 Å². The molecule has 0 aromatic heterocycles. The van der Waals surface area contributed by atoms with Gasteiger partial charge < -0.3 is 5.32 Å². The Hall–Kier alpha value is -1.40. The summed E-state index contributed by atoms with van der Waals surface area (Å²) < 4.78 is 13.8. The van der Waals surface area contributed by atoms with E-state index in [9.17, 15) is 4.39 Å². The lowest BCUT2D eigenvalue weighted by Crippen LogP contribution is -2.24. The van der Waals surface area contributed by atoms with Crippen molar-refractivity contribution in [3.05, 3.63) is 35.1 Å². The molecule has 0 atom stereocenters. The van der Waals surface area contributed by atoms with Gasteiger partial charge in [-0.1, -0.05) is 25.5 Å². The van der Waals surface area contributed by atoms with E-state index in [0.717, 1.165) is 6.54 Å². The van der Waals surface area contributed by atoms with Gasteiger partial charge in [0.05, 0.1) is 5.56 Å². The molecular formula is C15H19FN2. The molecule has 1 N–H and O–H groups in total. The quantitative estimate of drug-likeness (QED) is 0.835. The van der Waals surface area contributed by atoms with E-state index in [1.165, 1.54) is 31.7 Å². The summed E-state index contributed by atoms with van der Waals surface area (Å²) in [6.07, 6.45) is 5.03. The van der Waals surface area contributed by atoms with Gasteiger partial charge in [-0.05, 0) is 30.7 Å². The summed E-state index contributed by atoms with van der Waals surface area (Å²) in [5, 5.41) is 12.1. The molecule has 0 radical (unpaired) electrons. The maximum Gasteiger partial charge on any atom is 0.145 e. The Morgan fingerprint density at radius 1 is 1.44 bits per heavy atom. The zero-order valence-electron chi connectivity index (χ0n) is 10.8. The first-order chi connectivity index (χ1) is 8.71. The molecule has 1 aromatic rings. The topological polar surface area (TPSA) is 35.8 Å². The molecule has 3 heteroatoms. The van der Waals surface area contributed by atoms with Gasteiger partial charge in [0.2, 0.25) is 0 Å². The molecule has 2 nitrogen and oxygen atoms in total. The summed E-state index contributed by atoms with van der Waals surface area (Å²) in [5.74, 6) is -0.382. The molecule has 1 aromatic carbocycles. The summed E-state index contributed by atoms with van der Waals surface area (Å²) in [4.78, 5) is 0. The molecule has 96 valence electrons. The van der Waals surface area contributed by atoms with Crippen LogP contribution in [0.4, 0.5) is 4.39 Å². The Morgan fingerprint density at radius 3 is 2.83 bits per heavy atom. The fourth-order valence-corrected chi connectivity index (χ4v) is 2.49. The predicted octanol–water partition coefficient (Wildman–Crippen LogP) is 3.37. The van der Waals surface area contributed by atoms with E-state index in [1.807, 2.05) is 6.07 Å². The molecule has 0 spiro atoms. The molecule has 0 saturated heterocycles. The highest BCUT2D eigenvalue weighted by Crippen LogP contribution is 2.48. The minimum absolute atomic E-state index is 0.129. The highest BCUT2D eigenvalue weighted by atomic mass is 19.1. The Labute approximate surface area is 108 Å². The van der Waals surface area contributed by atoms with E-state index in [0.29, 0.717) is 17.5 Å². The first-order valence-electron chi connectivity index (χ1n) is 6.59. The van der Waals surface area contributed by atoms with Gasteiger partial charge in [-0.3, -0.25) is 0 Å². The van der Waals surface area contributed by atoms with Gasteiger partial charge >= 0.3 is 0 Å². The number of rotatable bonds is 6. The Morgan fingerprint density at radius 2 is 2.22 bits per heavy atom. The van der Waals surface area contributed by atoms with Crippen LogP contribution in [0.25, 0.3) is 0 Å². The van der Waals surface area contributed by atoms with Crippen molar-refractivity contribution in [2.75, 3.05) is 6.54 Å². The number of nitrogens with one attached hydrogen (secondary N) is 1. The van der Waals surface area contributed by atoms with Crippen LogP contribution < -0.4 is 5.32 Å². The third-order valence-corrected chi connectivity index (χ3v) is 3.75. The minimum Gasteiger partial charge on any atom is -0.312 e. The predicted molar refractivity (Wildman–Crippen MR) is 69.4 cm³/mol. The maximum atomic E-state index is 13.8. The van der Waals surface area contributed by atoms with Crippen molar-refractivity contribution in [1.82, 2.24) is 5.32 Å². The van der Waals surface area contributed by atoms with Crippen LogP contribution in [0.3, 0.4) is 0 Å². The number of hydrogen-bond acceptors (Lipinski definition) is 2. The van der Waals surface area contributed by atoms with Crippen LogP contribution in [0.15, 0.2) is 18.2 Å². The molecule has 0 bridgehead atoms. The Kier molecular flexibility index (Phi) is 3.98. The van der Waals surface area contributed by atoms with E-state index in [2.05, 4.69) is 12.2 Å². The van der Waals surface area contributed by atoms with Crippen molar-refractivity contribution >= 4 is 0 Å². The zero-order valence-corrected chi connectivity index (χ0v) is 10.8. The van der Waals surface area contributed by atoms with Crippen LogP contribution in [0.2, 0.25) is 0 Å². The molecule has 1 aliphatic rings. The highest BCUT2D eigenvalue weighted by Gasteiger charge is 2.40. The largest absolute Gasteiger partial charge is 0.312 e. The standard InChI is InChI=1S/C15H19FN2/c1-2-6-15(7-8-15)11-18-10-13-5-3-4-12(9-17)14(13)16/h3-5,18H,2,6-8,10-11H2,1H3. The van der Waals surface area contributed by atoms with Gasteiger partial charge in [0.15, 0.2) is 0 Å². The van der Waals surface area contributed by atoms with Crippen molar-refractivity contribution in [3.8, 4) is 6.07 Å². The molecule has 2 rings (SSSR count). The lowest BCUT2D eigenvalue weighted by atomic mass is 10.0. The molecular weight excluding hydrogens is 227 g/mol. The molecule has 0 unspecified atom stereocenters. The van der Waals surface area contributed by atoms with Gasteiger partial charge in [0.25, 0.3) is 0 Å². The molecule has 1 aliphatic carbocycles. The lowest BCUT2D eigenvalue weighted by molar-refractivity contribution is 0.418. The number of nitriles is 1. The van der Waals surface area contributed by atoms with Gasteiger partial charge in [-0.15, -0.1) is 0 Å². The minimum atomic E-state index is -0.382. The van der Waals surface area contributed by atoms with E-state index < -0.39 is 0 Å². The summed E-state index contributed by atoms with van der Waals surface area (Å²) >= 11 is 0. The van der Waals surface area contributed by atoms with Crippen LogP contribution in [-0.2, 0) is 6.54 Å². The molecule has 0 heterocycles. The molecule has 1 fully saturated rings. The second-order valence-corrected chi connectivity index (χ2v) is 5.24. The average Bonchev–Trinajstić information content (AvgIpc) is 3.12. The van der Waals surface area contributed by atoms with Crippen LogP contribution in [0.5, 0.6) is 0 Å². The third-order valence-electron chi connectivity index (χ3n) is 3.75. The van der Waals surface area contributed by atoms with Crippen molar-refractivity contribution in [1.29, 1.82) is 5.26 Å². The number of halogens is 1. The van der Waals surface area contributed by atoms with E-state index in [4.69, 9.17) is 5.26 Å². The molecule has 0 amide bonds. The summed E-state index contributed by atoms with van der Waals surface area (Å²) in [6.45, 7) is 3.67. The first kappa shape index (κ1) is 13.0. The third kappa shape index (κ3) is 2.88. The van der Waals surface area contributed by atoms with E-state index in [1.54, 1.807) is 12.1 Å². The van der Waals surface area contributed by atoms with Gasteiger partial charge in [-0.25, -0.2) is 4.39 Å². The van der Waals surface area contributed by atoms with Crippen LogP contribution in [0, 0.1) is 22.6 Å². The summed E-state index contributed by atoms with van der Waals surface area (Å²) in [7, 11) is 0. The first-order valence-corrected chi connectivity index (χ1v) is 6.59. The van der Waals surface area contributed by atoms with Gasteiger partial charge in [0, 0.05) is 18.7 Å². The van der Waals surface area contributed by atoms with Crippen LogP contribution in [0.1, 0.15) is 43.7 Å².